The molecular weight excluding hydrogens is 282 g/mol. The quantitative estimate of drug-likeness (QED) is 0.788. The molecule has 0 radical (unpaired) electrons. The lowest BCUT2D eigenvalue weighted by Crippen LogP contribution is -2.36. The minimum absolute atomic E-state index is 0.101. The van der Waals surface area contributed by atoms with Crippen molar-refractivity contribution in [1.82, 2.24) is 0 Å². The van der Waals surface area contributed by atoms with Gasteiger partial charge in [-0.3, -0.25) is 4.79 Å². The van der Waals surface area contributed by atoms with Crippen LogP contribution in [0.4, 0.5) is 0 Å². The number of halogens is 1. The molecule has 1 aromatic carbocycles. The second-order valence-electron chi connectivity index (χ2n) is 4.12. The molecule has 17 heavy (non-hydrogen) atoms. The largest absolute Gasteiger partial charge is 0.381 e. The molecule has 0 N–H and O–H groups in total. The molecule has 0 aromatic heterocycles. The normalized spacial score (nSPS) is 18.4. The minimum Gasteiger partial charge on any atom is -0.381 e. The van der Waals surface area contributed by atoms with Gasteiger partial charge in [0.25, 0.3) is 0 Å². The molecular formula is C13H12BrNO2. The Morgan fingerprint density at radius 2 is 2.00 bits per heavy atom. The molecule has 1 aliphatic rings. The molecule has 1 fully saturated rings. The van der Waals surface area contributed by atoms with Crippen LogP contribution < -0.4 is 0 Å². The van der Waals surface area contributed by atoms with E-state index >= 15 is 0 Å². The van der Waals surface area contributed by atoms with Crippen molar-refractivity contribution in [3.05, 3.63) is 34.3 Å². The van der Waals surface area contributed by atoms with Gasteiger partial charge in [0.2, 0.25) is 0 Å². The number of hydrogen-bond acceptors (Lipinski definition) is 3. The predicted molar refractivity (Wildman–Crippen MR) is 66.6 cm³/mol. The fraction of sp³-hybridized carbons (Fsp3) is 0.385. The Hall–Kier alpha value is -1.18. The number of carbonyl (C=O) groups excluding carboxylic acids is 1. The Balaban J connectivity index is 2.36. The number of Topliss-reactive ketones (excluding diaryl/α,β-unsaturated/α-hetero) is 1. The maximum atomic E-state index is 12.5. The molecule has 0 amide bonds. The second kappa shape index (κ2) is 4.99. The molecule has 0 atom stereocenters. The van der Waals surface area contributed by atoms with E-state index in [2.05, 4.69) is 22.0 Å². The van der Waals surface area contributed by atoms with Crippen molar-refractivity contribution in [3.63, 3.8) is 0 Å². The minimum atomic E-state index is -0.915. The van der Waals surface area contributed by atoms with Crippen LogP contribution in [-0.2, 0) is 4.74 Å². The summed E-state index contributed by atoms with van der Waals surface area (Å²) in [6, 6.07) is 9.42. The molecule has 2 rings (SSSR count). The SMILES string of the molecule is N#CC1(C(=O)c2ccccc2Br)CCOCC1. The third kappa shape index (κ3) is 2.26. The van der Waals surface area contributed by atoms with Crippen LogP contribution in [0, 0.1) is 16.7 Å². The van der Waals surface area contributed by atoms with Crippen molar-refractivity contribution < 1.29 is 9.53 Å². The van der Waals surface area contributed by atoms with E-state index in [1.54, 1.807) is 6.07 Å². The molecule has 88 valence electrons. The number of carbonyl (C=O) groups is 1. The number of nitrogens with zero attached hydrogens (tertiary/aromatic N) is 1. The summed E-state index contributed by atoms with van der Waals surface area (Å²) >= 11 is 3.36. The van der Waals surface area contributed by atoms with Gasteiger partial charge in [-0.1, -0.05) is 34.1 Å². The topological polar surface area (TPSA) is 50.1 Å². The third-order valence-corrected chi connectivity index (χ3v) is 3.80. The zero-order valence-electron chi connectivity index (χ0n) is 9.28. The number of hydrogen-bond donors (Lipinski definition) is 0. The number of nitriles is 1. The molecule has 1 aromatic rings. The Labute approximate surface area is 109 Å². The van der Waals surface area contributed by atoms with Gasteiger partial charge in [-0.05, 0) is 18.9 Å². The van der Waals surface area contributed by atoms with Crippen molar-refractivity contribution in [2.24, 2.45) is 5.41 Å². The molecule has 3 nitrogen and oxygen atoms in total. The lowest BCUT2D eigenvalue weighted by atomic mass is 9.75. The molecule has 4 heteroatoms. The lowest BCUT2D eigenvalue weighted by molar-refractivity contribution is 0.0355. The highest BCUT2D eigenvalue weighted by Gasteiger charge is 2.41. The maximum Gasteiger partial charge on any atom is 0.184 e. The molecule has 0 unspecified atom stereocenters. The van der Waals surface area contributed by atoms with Crippen LogP contribution in [0.5, 0.6) is 0 Å². The van der Waals surface area contributed by atoms with E-state index in [4.69, 9.17) is 4.74 Å². The van der Waals surface area contributed by atoms with Crippen molar-refractivity contribution >= 4 is 21.7 Å². The van der Waals surface area contributed by atoms with Gasteiger partial charge >= 0.3 is 0 Å². The van der Waals surface area contributed by atoms with Gasteiger partial charge in [0.1, 0.15) is 5.41 Å². The summed E-state index contributed by atoms with van der Waals surface area (Å²) in [7, 11) is 0. The summed E-state index contributed by atoms with van der Waals surface area (Å²) in [4.78, 5) is 12.5. The van der Waals surface area contributed by atoms with Crippen molar-refractivity contribution in [1.29, 1.82) is 5.26 Å². The highest BCUT2D eigenvalue weighted by atomic mass is 79.9. The van der Waals surface area contributed by atoms with Gasteiger partial charge in [0.05, 0.1) is 6.07 Å². The molecule has 0 saturated carbocycles. The van der Waals surface area contributed by atoms with E-state index in [0.717, 1.165) is 4.47 Å². The van der Waals surface area contributed by atoms with E-state index < -0.39 is 5.41 Å². The number of rotatable bonds is 2. The molecule has 1 heterocycles. The first-order chi connectivity index (χ1) is 8.19. The summed E-state index contributed by atoms with van der Waals surface area (Å²) < 4.78 is 5.97. The summed E-state index contributed by atoms with van der Waals surface area (Å²) in [6.45, 7) is 0.952. The molecule has 1 aliphatic heterocycles. The van der Waals surface area contributed by atoms with Gasteiger partial charge in [-0.25, -0.2) is 0 Å². The van der Waals surface area contributed by atoms with Crippen molar-refractivity contribution in [2.45, 2.75) is 12.8 Å². The Bertz CT molecular complexity index is 473. The second-order valence-corrected chi connectivity index (χ2v) is 4.97. The number of ether oxygens (including phenoxy) is 1. The first-order valence-electron chi connectivity index (χ1n) is 5.48. The van der Waals surface area contributed by atoms with Crippen LogP contribution >= 0.6 is 15.9 Å². The molecule has 0 aliphatic carbocycles. The highest BCUT2D eigenvalue weighted by molar-refractivity contribution is 9.10. The fourth-order valence-corrected chi connectivity index (χ4v) is 2.48. The standard InChI is InChI=1S/C13H12BrNO2/c14-11-4-2-1-3-10(11)12(16)13(9-15)5-7-17-8-6-13/h1-4H,5-8H2. The van der Waals surface area contributed by atoms with Gasteiger partial charge in [0.15, 0.2) is 5.78 Å². The van der Waals surface area contributed by atoms with E-state index in [0.29, 0.717) is 31.6 Å². The van der Waals surface area contributed by atoms with E-state index in [-0.39, 0.29) is 5.78 Å². The number of ketones is 1. The third-order valence-electron chi connectivity index (χ3n) is 3.11. The van der Waals surface area contributed by atoms with E-state index in [1.807, 2.05) is 18.2 Å². The maximum absolute atomic E-state index is 12.5. The van der Waals surface area contributed by atoms with Crippen LogP contribution in [0.25, 0.3) is 0 Å². The zero-order valence-corrected chi connectivity index (χ0v) is 10.9. The first kappa shape index (κ1) is 12.3. The average Bonchev–Trinajstić information content (AvgIpc) is 2.39. The van der Waals surface area contributed by atoms with Gasteiger partial charge < -0.3 is 4.74 Å². The Morgan fingerprint density at radius 3 is 2.59 bits per heavy atom. The summed E-state index contributed by atoms with van der Waals surface area (Å²) in [5.74, 6) is -0.101. The van der Waals surface area contributed by atoms with Crippen molar-refractivity contribution in [2.75, 3.05) is 13.2 Å². The highest BCUT2D eigenvalue weighted by Crippen LogP contribution is 2.35. The van der Waals surface area contributed by atoms with Crippen molar-refractivity contribution in [3.8, 4) is 6.07 Å². The van der Waals surface area contributed by atoms with Gasteiger partial charge in [-0.2, -0.15) is 5.26 Å². The monoisotopic (exact) mass is 293 g/mol. The summed E-state index contributed by atoms with van der Waals surface area (Å²) in [5.41, 5.74) is -0.335. The van der Waals surface area contributed by atoms with Crippen LogP contribution in [0.15, 0.2) is 28.7 Å². The van der Waals surface area contributed by atoms with Gasteiger partial charge in [-0.15, -0.1) is 0 Å². The fourth-order valence-electron chi connectivity index (χ4n) is 2.01. The van der Waals surface area contributed by atoms with E-state index in [1.165, 1.54) is 0 Å². The van der Waals surface area contributed by atoms with Crippen LogP contribution in [-0.4, -0.2) is 19.0 Å². The molecule has 0 bridgehead atoms. The van der Waals surface area contributed by atoms with Crippen LogP contribution in [0.1, 0.15) is 23.2 Å². The predicted octanol–water partition coefficient (Wildman–Crippen LogP) is 2.95. The van der Waals surface area contributed by atoms with Crippen LogP contribution in [0.2, 0.25) is 0 Å². The molecule has 1 saturated heterocycles. The lowest BCUT2D eigenvalue weighted by Gasteiger charge is -2.29. The Kier molecular flexibility index (Phi) is 3.60. The first-order valence-corrected chi connectivity index (χ1v) is 6.27. The van der Waals surface area contributed by atoms with E-state index in [9.17, 15) is 10.1 Å². The average molecular weight is 294 g/mol. The summed E-state index contributed by atoms with van der Waals surface area (Å²) in [5, 5.41) is 9.32. The number of benzene rings is 1. The molecule has 0 spiro atoms. The smallest absolute Gasteiger partial charge is 0.184 e. The zero-order chi connectivity index (χ0) is 12.3. The Morgan fingerprint density at radius 1 is 1.35 bits per heavy atom. The van der Waals surface area contributed by atoms with Gasteiger partial charge in [0, 0.05) is 23.2 Å². The van der Waals surface area contributed by atoms with Crippen LogP contribution in [0.3, 0.4) is 0 Å². The summed E-state index contributed by atoms with van der Waals surface area (Å²) in [6.07, 6.45) is 0.952.